The Morgan fingerprint density at radius 1 is 1.56 bits per heavy atom. The van der Waals surface area contributed by atoms with E-state index < -0.39 is 0 Å². The van der Waals surface area contributed by atoms with Crippen molar-refractivity contribution < 1.29 is 5.11 Å². The summed E-state index contributed by atoms with van der Waals surface area (Å²) >= 11 is 3.15. The highest BCUT2D eigenvalue weighted by atomic mass is 79.9. The van der Waals surface area contributed by atoms with E-state index in [0.29, 0.717) is 5.69 Å². The van der Waals surface area contributed by atoms with Crippen LogP contribution < -0.4 is 0 Å². The molecule has 0 amide bonds. The van der Waals surface area contributed by atoms with E-state index in [4.69, 9.17) is 0 Å². The van der Waals surface area contributed by atoms with Crippen LogP contribution in [-0.4, -0.2) is 4.98 Å². The summed E-state index contributed by atoms with van der Waals surface area (Å²) in [7, 11) is 0. The van der Waals surface area contributed by atoms with Crippen molar-refractivity contribution in [3.63, 3.8) is 0 Å². The summed E-state index contributed by atoms with van der Waals surface area (Å²) in [6.07, 6.45) is 0. The van der Waals surface area contributed by atoms with Crippen LogP contribution in [0.25, 0.3) is 0 Å². The molecule has 0 N–H and O–H groups in total. The molecule has 2 nitrogen and oxygen atoms in total. The topological polar surface area (TPSA) is 32.8 Å². The molecular weight excluding hydrogens is 182 g/mol. The molecule has 0 aliphatic carbocycles. The van der Waals surface area contributed by atoms with Crippen molar-refractivity contribution in [1.82, 2.24) is 4.98 Å². The van der Waals surface area contributed by atoms with Crippen molar-refractivity contribution in [3.8, 4) is 0 Å². The smallest absolute Gasteiger partial charge is 0.124 e. The molecule has 0 aliphatic rings. The summed E-state index contributed by atoms with van der Waals surface area (Å²) < 4.78 is 0.718. The van der Waals surface area contributed by atoms with Crippen molar-refractivity contribution in [2.45, 2.75) is 6.61 Å². The lowest BCUT2D eigenvalue weighted by Crippen LogP contribution is -1.85. The third kappa shape index (κ3) is 1.77. The summed E-state index contributed by atoms with van der Waals surface area (Å²) in [5.74, 6) is 0. The van der Waals surface area contributed by atoms with E-state index in [9.17, 15) is 5.11 Å². The molecule has 0 bridgehead atoms. The van der Waals surface area contributed by atoms with E-state index in [1.54, 1.807) is 18.2 Å². The molecule has 1 heterocycles. The number of hydrogen-bond acceptors (Lipinski definition) is 1. The summed E-state index contributed by atoms with van der Waals surface area (Å²) in [5, 5.41) is 10.2. The van der Waals surface area contributed by atoms with Gasteiger partial charge < -0.3 is 0 Å². The zero-order chi connectivity index (χ0) is 6.69. The van der Waals surface area contributed by atoms with Gasteiger partial charge in [-0.25, -0.2) is 10.1 Å². The highest BCUT2D eigenvalue weighted by Crippen LogP contribution is 2.05. The third-order valence-corrected chi connectivity index (χ3v) is 1.36. The van der Waals surface area contributed by atoms with Gasteiger partial charge in [0.2, 0.25) is 0 Å². The van der Waals surface area contributed by atoms with Crippen LogP contribution in [0.15, 0.2) is 22.8 Å². The Kier molecular flexibility index (Phi) is 2.19. The first-order valence-corrected chi connectivity index (χ1v) is 3.32. The number of halogens is 1. The minimum atomic E-state index is -0.251. The van der Waals surface area contributed by atoms with Crippen LogP contribution in [0.4, 0.5) is 0 Å². The maximum atomic E-state index is 10.2. The van der Waals surface area contributed by atoms with E-state index in [1.165, 1.54) is 0 Å². The van der Waals surface area contributed by atoms with Crippen LogP contribution in [0.3, 0.4) is 0 Å². The number of pyridine rings is 1. The zero-order valence-corrected chi connectivity index (χ0v) is 6.26. The first-order valence-electron chi connectivity index (χ1n) is 2.52. The molecule has 47 valence electrons. The highest BCUT2D eigenvalue weighted by Gasteiger charge is 1.90. The fraction of sp³-hybridized carbons (Fsp3) is 0.167. The largest absolute Gasteiger partial charge is 0.243 e. The number of hydrogen-bond donors (Lipinski definition) is 0. The van der Waals surface area contributed by atoms with Gasteiger partial charge in [-0.05, 0) is 28.1 Å². The average Bonchev–Trinajstić information content (AvgIpc) is 1.88. The lowest BCUT2D eigenvalue weighted by Gasteiger charge is -1.91. The average molecular weight is 187 g/mol. The van der Waals surface area contributed by atoms with Crippen molar-refractivity contribution >= 4 is 15.9 Å². The maximum Gasteiger partial charge on any atom is 0.124 e. The van der Waals surface area contributed by atoms with Crippen molar-refractivity contribution in [1.29, 1.82) is 0 Å². The van der Waals surface area contributed by atoms with E-state index >= 15 is 0 Å². The molecule has 0 aromatic carbocycles. The van der Waals surface area contributed by atoms with E-state index in [1.807, 2.05) is 0 Å². The second kappa shape index (κ2) is 2.94. The fourth-order valence-corrected chi connectivity index (χ4v) is 0.911. The molecular formula is C6H5BrNO. The Balaban J connectivity index is 2.94. The fourth-order valence-electron chi connectivity index (χ4n) is 0.531. The van der Waals surface area contributed by atoms with Crippen molar-refractivity contribution in [2.75, 3.05) is 0 Å². The maximum absolute atomic E-state index is 10.2. The van der Waals surface area contributed by atoms with Crippen molar-refractivity contribution in [3.05, 3.63) is 28.5 Å². The van der Waals surface area contributed by atoms with Gasteiger partial charge in [0, 0.05) is 0 Å². The van der Waals surface area contributed by atoms with Gasteiger partial charge >= 0.3 is 0 Å². The Bertz CT molecular complexity index is 202. The summed E-state index contributed by atoms with van der Waals surface area (Å²) in [5.41, 5.74) is 0.573. The van der Waals surface area contributed by atoms with Gasteiger partial charge in [0.15, 0.2) is 0 Å². The first-order chi connectivity index (χ1) is 4.33. The molecule has 1 rings (SSSR count). The molecule has 0 atom stereocenters. The molecule has 3 heteroatoms. The summed E-state index contributed by atoms with van der Waals surface area (Å²) in [4.78, 5) is 3.90. The predicted octanol–water partition coefficient (Wildman–Crippen LogP) is 1.77. The monoisotopic (exact) mass is 186 g/mol. The Labute approximate surface area is 61.7 Å². The standard InChI is InChI=1S/C6H5BrNO/c7-6-3-1-2-5(4-9)8-6/h1-3H,4H2. The van der Waals surface area contributed by atoms with Gasteiger partial charge in [0.25, 0.3) is 0 Å². The molecule has 0 spiro atoms. The molecule has 1 aromatic heterocycles. The van der Waals surface area contributed by atoms with Gasteiger partial charge in [-0.3, -0.25) is 0 Å². The van der Waals surface area contributed by atoms with E-state index in [0.717, 1.165) is 4.60 Å². The second-order valence-corrected chi connectivity index (χ2v) is 2.41. The lowest BCUT2D eigenvalue weighted by atomic mass is 10.4. The van der Waals surface area contributed by atoms with Crippen molar-refractivity contribution in [2.24, 2.45) is 0 Å². The van der Waals surface area contributed by atoms with Crippen LogP contribution in [-0.2, 0) is 11.7 Å². The van der Waals surface area contributed by atoms with Crippen LogP contribution in [0.2, 0.25) is 0 Å². The van der Waals surface area contributed by atoms with Crippen LogP contribution >= 0.6 is 15.9 Å². The summed E-state index contributed by atoms with van der Waals surface area (Å²) in [6.45, 7) is -0.251. The molecule has 0 saturated heterocycles. The SMILES string of the molecule is [O]Cc1cccc(Br)n1. The Hall–Kier alpha value is -0.410. The molecule has 9 heavy (non-hydrogen) atoms. The molecule has 0 fully saturated rings. The Morgan fingerprint density at radius 2 is 2.33 bits per heavy atom. The van der Waals surface area contributed by atoms with E-state index in [2.05, 4.69) is 20.9 Å². The summed E-state index contributed by atoms with van der Waals surface area (Å²) in [6, 6.07) is 5.29. The van der Waals surface area contributed by atoms with Gasteiger partial charge in [0.1, 0.15) is 11.2 Å². The minimum absolute atomic E-state index is 0.251. The highest BCUT2D eigenvalue weighted by molar-refractivity contribution is 9.10. The number of nitrogens with zero attached hydrogens (tertiary/aromatic N) is 1. The molecule has 1 aromatic rings. The molecule has 0 aliphatic heterocycles. The van der Waals surface area contributed by atoms with Gasteiger partial charge in [-0.1, -0.05) is 6.07 Å². The van der Waals surface area contributed by atoms with Gasteiger partial charge in [-0.15, -0.1) is 0 Å². The predicted molar refractivity (Wildman–Crippen MR) is 36.3 cm³/mol. The number of rotatable bonds is 1. The van der Waals surface area contributed by atoms with Crippen LogP contribution in [0.5, 0.6) is 0 Å². The molecule has 1 radical (unpaired) electrons. The van der Waals surface area contributed by atoms with Crippen LogP contribution in [0.1, 0.15) is 5.69 Å². The first kappa shape index (κ1) is 6.71. The Morgan fingerprint density at radius 3 is 2.78 bits per heavy atom. The van der Waals surface area contributed by atoms with Gasteiger partial charge in [-0.2, -0.15) is 0 Å². The molecule has 0 unspecified atom stereocenters. The van der Waals surface area contributed by atoms with E-state index in [-0.39, 0.29) is 6.61 Å². The third-order valence-electron chi connectivity index (χ3n) is 0.921. The number of aromatic nitrogens is 1. The lowest BCUT2D eigenvalue weighted by molar-refractivity contribution is 0.174. The normalized spacial score (nSPS) is 9.56. The molecule has 0 saturated carbocycles. The second-order valence-electron chi connectivity index (χ2n) is 1.60. The van der Waals surface area contributed by atoms with Crippen LogP contribution in [0, 0.1) is 0 Å². The zero-order valence-electron chi connectivity index (χ0n) is 4.67. The van der Waals surface area contributed by atoms with Gasteiger partial charge in [0.05, 0.1) is 5.69 Å². The minimum Gasteiger partial charge on any atom is -0.243 e. The quantitative estimate of drug-likeness (QED) is 0.616.